The first kappa shape index (κ1) is 83.9. The molecule has 98 heavy (non-hydrogen) atoms. The zero-order chi connectivity index (χ0) is 72.8. The predicted octanol–water partition coefficient (Wildman–Crippen LogP) is 8.76. The minimum Gasteiger partial charge on any atom is -0.460 e. The molecule has 550 valence electrons. The van der Waals surface area contributed by atoms with Crippen LogP contribution in [0.3, 0.4) is 0 Å². The Kier molecular flexibility index (Phi) is 36.9. The number of likely N-dealkylation sites (tertiary alicyclic amines) is 1. The fourth-order valence-corrected chi connectivity index (χ4v) is 12.9. The molecule has 3 N–H and O–H groups in total. The highest BCUT2D eigenvalue weighted by Gasteiger charge is 2.46. The minimum absolute atomic E-state index is 0.00661. The van der Waals surface area contributed by atoms with E-state index in [1.807, 2.05) is 66.7 Å². The van der Waals surface area contributed by atoms with E-state index in [-0.39, 0.29) is 104 Å². The van der Waals surface area contributed by atoms with Crippen molar-refractivity contribution in [3.05, 3.63) is 59.7 Å². The largest absolute Gasteiger partial charge is 0.460 e. The Labute approximate surface area is 582 Å². The number of ether oxygens (including phenoxy) is 10. The van der Waals surface area contributed by atoms with Crippen LogP contribution in [0.1, 0.15) is 158 Å². The number of likely N-dealkylation sites (N-methyl/N-ethyl adjacent to an activating group) is 2. The van der Waals surface area contributed by atoms with Crippen LogP contribution in [0.2, 0.25) is 0 Å². The molecule has 0 radical (unpaired) electrons. The molecule has 2 fully saturated rings. The number of methoxy groups -OCH3 is 2. The first-order valence-corrected chi connectivity index (χ1v) is 34.9. The van der Waals surface area contributed by atoms with Crippen LogP contribution in [0.25, 0.3) is 0 Å². The molecule has 2 unspecified atom stereocenters. The Hall–Kier alpha value is -6.56. The Bertz CT molecular complexity index is 2850. The van der Waals surface area contributed by atoms with Crippen molar-refractivity contribution >= 4 is 52.9 Å². The average molecular weight is 1380 g/mol. The molecular formula is C74H115N5O19. The fraction of sp³-hybridized carbons (Fsp3) is 0.703. The molecule has 0 saturated carbocycles. The van der Waals surface area contributed by atoms with E-state index in [0.717, 1.165) is 0 Å². The number of nitrogens with one attached hydrogen (secondary N) is 2. The predicted molar refractivity (Wildman–Crippen MR) is 369 cm³/mol. The molecule has 0 bridgehead atoms. The quantitative estimate of drug-likeness (QED) is 0.0317. The van der Waals surface area contributed by atoms with Gasteiger partial charge in [-0.2, -0.15) is 0 Å². The van der Waals surface area contributed by atoms with Crippen molar-refractivity contribution in [1.29, 1.82) is 0 Å². The second kappa shape index (κ2) is 43.2. The third-order valence-electron chi connectivity index (χ3n) is 19.1. The topological polar surface area (TPSA) is 283 Å². The van der Waals surface area contributed by atoms with Gasteiger partial charge in [0.1, 0.15) is 24.7 Å². The number of esters is 1. The van der Waals surface area contributed by atoms with Crippen LogP contribution in [0, 0.1) is 53.8 Å². The summed E-state index contributed by atoms with van der Waals surface area (Å²) in [5.41, 5.74) is 1.27. The van der Waals surface area contributed by atoms with Gasteiger partial charge in [-0.15, -0.1) is 6.42 Å². The van der Waals surface area contributed by atoms with Crippen molar-refractivity contribution < 1.29 is 90.8 Å². The molecule has 2 aliphatic rings. The number of Topliss-reactive ketones (excluding diaryl/α,β-unsaturated/α-hetero) is 2. The summed E-state index contributed by atoms with van der Waals surface area (Å²) < 4.78 is 58.3. The van der Waals surface area contributed by atoms with Gasteiger partial charge in [0.05, 0.1) is 101 Å². The van der Waals surface area contributed by atoms with E-state index in [2.05, 4.69) is 16.6 Å². The Morgan fingerprint density at radius 3 is 2.02 bits per heavy atom. The van der Waals surface area contributed by atoms with Crippen LogP contribution >= 0.6 is 0 Å². The summed E-state index contributed by atoms with van der Waals surface area (Å²) in [6.07, 6.45) is 1.91. The number of terminal acetylenes is 1. The second-order valence-electron chi connectivity index (χ2n) is 26.8. The summed E-state index contributed by atoms with van der Waals surface area (Å²) in [5, 5.41) is 16.8. The summed E-state index contributed by atoms with van der Waals surface area (Å²) in [6, 6.07) is 11.1. The molecule has 24 nitrogen and oxygen atoms in total. The Morgan fingerprint density at radius 2 is 1.43 bits per heavy atom. The summed E-state index contributed by atoms with van der Waals surface area (Å²) in [4.78, 5) is 116. The first-order chi connectivity index (χ1) is 46.6. The number of hydrogen-bond donors (Lipinski definition) is 3. The molecule has 2 saturated heterocycles. The van der Waals surface area contributed by atoms with Gasteiger partial charge >= 0.3 is 12.1 Å². The maximum absolute atomic E-state index is 15.0. The molecule has 2 aromatic rings. The van der Waals surface area contributed by atoms with Gasteiger partial charge < -0.3 is 77.8 Å². The van der Waals surface area contributed by atoms with Crippen LogP contribution in [0.4, 0.5) is 10.5 Å². The highest BCUT2D eigenvalue weighted by Crippen LogP contribution is 2.37. The molecule has 0 aliphatic carbocycles. The fourth-order valence-electron chi connectivity index (χ4n) is 12.9. The van der Waals surface area contributed by atoms with E-state index >= 15 is 4.79 Å². The molecule has 2 aromatic carbocycles. The number of ketones is 2. The van der Waals surface area contributed by atoms with Crippen molar-refractivity contribution in [2.75, 3.05) is 93.0 Å². The lowest BCUT2D eigenvalue weighted by atomic mass is 9.83. The Morgan fingerprint density at radius 1 is 0.786 bits per heavy atom. The van der Waals surface area contributed by atoms with Crippen molar-refractivity contribution in [1.82, 2.24) is 20.0 Å². The zero-order valence-corrected chi connectivity index (χ0v) is 61.1. The van der Waals surface area contributed by atoms with Crippen molar-refractivity contribution in [3.8, 4) is 18.1 Å². The number of amides is 5. The van der Waals surface area contributed by atoms with Crippen LogP contribution < -0.4 is 15.4 Å². The van der Waals surface area contributed by atoms with Gasteiger partial charge in [0, 0.05) is 97.2 Å². The van der Waals surface area contributed by atoms with E-state index in [0.29, 0.717) is 95.3 Å². The molecule has 0 aromatic heterocycles. The Balaban J connectivity index is 1.45. The smallest absolute Gasteiger partial charge is 0.410 e. The molecule has 0 spiro atoms. The summed E-state index contributed by atoms with van der Waals surface area (Å²) in [5.74, 6) is -2.41. The number of carbonyl (C=O) groups is 8. The van der Waals surface area contributed by atoms with Crippen LogP contribution in [0.5, 0.6) is 5.75 Å². The summed E-state index contributed by atoms with van der Waals surface area (Å²) >= 11 is 0. The normalized spacial score (nSPS) is 20.5. The highest BCUT2D eigenvalue weighted by molar-refractivity contribution is 5.94. The third kappa shape index (κ3) is 25.9. The van der Waals surface area contributed by atoms with Gasteiger partial charge in [0.15, 0.2) is 11.9 Å². The van der Waals surface area contributed by atoms with E-state index in [1.54, 1.807) is 74.9 Å². The van der Waals surface area contributed by atoms with E-state index in [4.69, 9.17) is 53.8 Å². The zero-order valence-electron chi connectivity index (χ0n) is 61.1. The van der Waals surface area contributed by atoms with E-state index in [1.165, 1.54) is 33.1 Å². The second-order valence-corrected chi connectivity index (χ2v) is 26.8. The first-order valence-electron chi connectivity index (χ1n) is 34.9. The van der Waals surface area contributed by atoms with Gasteiger partial charge in [-0.3, -0.25) is 33.6 Å². The lowest BCUT2D eigenvalue weighted by Gasteiger charge is -2.42. The van der Waals surface area contributed by atoms with Crippen molar-refractivity contribution in [3.63, 3.8) is 0 Å². The van der Waals surface area contributed by atoms with Crippen LogP contribution in [0.15, 0.2) is 48.5 Å². The molecule has 15 atom stereocenters. The molecule has 5 amide bonds. The minimum atomic E-state index is -1.07. The highest BCUT2D eigenvalue weighted by atomic mass is 16.7. The maximum atomic E-state index is 15.0. The number of anilines is 1. The summed E-state index contributed by atoms with van der Waals surface area (Å²) in [6.45, 7) is 24.9. The van der Waals surface area contributed by atoms with E-state index in [9.17, 15) is 38.7 Å². The van der Waals surface area contributed by atoms with Crippen molar-refractivity contribution in [2.45, 2.75) is 208 Å². The number of carbonyl (C=O) groups excluding carboxylic acids is 8. The van der Waals surface area contributed by atoms with E-state index < -0.39 is 97.2 Å². The number of nitrogens with zero attached hydrogens (tertiary/aromatic N) is 3. The maximum Gasteiger partial charge on any atom is 0.410 e. The molecule has 2 heterocycles. The van der Waals surface area contributed by atoms with Gasteiger partial charge in [-0.05, 0) is 80.5 Å². The number of benzene rings is 2. The number of hydrogen-bond acceptors (Lipinski definition) is 19. The number of aliphatic hydroxyl groups is 1. The van der Waals surface area contributed by atoms with Gasteiger partial charge in [-0.25, -0.2) is 4.79 Å². The van der Waals surface area contributed by atoms with Crippen LogP contribution in [-0.2, 0) is 82.8 Å². The molecular weight excluding hydrogens is 1260 g/mol. The lowest BCUT2D eigenvalue weighted by molar-refractivity contribution is -0.243. The molecule has 2 aliphatic heterocycles. The SMILES string of the molecule is C#CCOCCOCCOCCOCCCC(=O)CCC(=O)Nc1ccc(O[C@@H]2OC(C)[C@@H](C)[C@H](C)C2OC(C)=O)c(COC(=O)N(C)[C@H](C(=O)C[C@H](C(=O)N(C)[C@@H]([C@@H](C)CC)[C@@H](CC(=O)N2CCC[C@H]2[C@H](OC)[C@@H](C)C(=O)N[C@H](C)[C@@H](O)c2ccccc2)OC)C(C)C)C(C)C)c1. The van der Waals surface area contributed by atoms with Crippen LogP contribution in [-0.4, -0.2) is 210 Å². The standard InChI is InChI=1S/C74H115N5O19/c1-18-34-91-36-38-93-40-41-94-39-37-92-35-24-27-58(81)30-32-64(83)76-57-29-31-62(98-73-70(97-54(13)80)50(9)49(8)53(12)96-73)56(42-57)45-95-74(88)78(15)66(47(5)6)61(82)43-59(46(3)4)72(87)77(14)67(48(7)19-2)63(89-16)44-65(84)79-33-23-28-60(79)69(90-17)51(10)71(86)75-52(11)68(85)55-25-21-20-22-26-55/h1,20-22,25-26,29,31,42,46-53,59-60,63,66-70,73,85H,19,23-24,27-28,30,32-41,43-45H2,2-17H3,(H,75,86)(H,76,83)/t48-,49-,50-,51+,52+,53?,59-,60-,63+,66-,67-,68+,69+,70?,73-/m0/s1. The summed E-state index contributed by atoms with van der Waals surface area (Å²) in [7, 11) is 6.17. The van der Waals surface area contributed by atoms with Crippen molar-refractivity contribution in [2.24, 2.45) is 41.4 Å². The third-order valence-corrected chi connectivity index (χ3v) is 19.1. The van der Waals surface area contributed by atoms with Gasteiger partial charge in [0.2, 0.25) is 29.9 Å². The lowest BCUT2D eigenvalue weighted by Crippen LogP contribution is -2.55. The number of rotatable bonds is 44. The van der Waals surface area contributed by atoms with Gasteiger partial charge in [0.25, 0.3) is 0 Å². The molecule has 24 heteroatoms. The van der Waals surface area contributed by atoms with Gasteiger partial charge in [-0.1, -0.05) is 105 Å². The monoisotopic (exact) mass is 1380 g/mol. The molecule has 4 rings (SSSR count). The average Bonchev–Trinajstić information content (AvgIpc) is 1.13. The number of aliphatic hydroxyl groups excluding tert-OH is 1.